The molecule has 3 heterocycles. The van der Waals surface area contributed by atoms with Crippen LogP contribution in [0.5, 0.6) is 0 Å². The van der Waals surface area contributed by atoms with Crippen LogP contribution in [0.1, 0.15) is 22.3 Å². The molecule has 1 saturated heterocycles. The SMILES string of the molecule is O=C(NC[C@@H]1C[C@H](F)CN1Cc1cncnc1)c1ccc[nH]c1=O. The first-order valence-electron chi connectivity index (χ1n) is 7.71. The smallest absolute Gasteiger partial charge is 0.260 e. The van der Waals surface area contributed by atoms with Crippen molar-refractivity contribution < 1.29 is 9.18 Å². The van der Waals surface area contributed by atoms with Crippen LogP contribution < -0.4 is 10.9 Å². The van der Waals surface area contributed by atoms with E-state index < -0.39 is 17.6 Å². The number of likely N-dealkylation sites (tertiary alicyclic amines) is 1. The van der Waals surface area contributed by atoms with E-state index in [1.807, 2.05) is 4.90 Å². The van der Waals surface area contributed by atoms with Gasteiger partial charge in [0.25, 0.3) is 11.5 Å². The maximum atomic E-state index is 13.8. The lowest BCUT2D eigenvalue weighted by Crippen LogP contribution is -2.41. The molecule has 126 valence electrons. The van der Waals surface area contributed by atoms with Gasteiger partial charge in [0.05, 0.1) is 0 Å². The zero-order chi connectivity index (χ0) is 16.9. The number of rotatable bonds is 5. The van der Waals surface area contributed by atoms with Crippen LogP contribution in [-0.4, -0.2) is 51.1 Å². The number of hydrogen-bond donors (Lipinski definition) is 2. The van der Waals surface area contributed by atoms with Gasteiger partial charge in [-0.15, -0.1) is 0 Å². The van der Waals surface area contributed by atoms with Gasteiger partial charge in [0.1, 0.15) is 18.1 Å². The summed E-state index contributed by atoms with van der Waals surface area (Å²) in [4.78, 5) is 36.0. The normalized spacial score (nSPS) is 20.9. The van der Waals surface area contributed by atoms with Crippen molar-refractivity contribution in [1.82, 2.24) is 25.2 Å². The van der Waals surface area contributed by atoms with Crippen LogP contribution in [0.2, 0.25) is 0 Å². The molecule has 2 aromatic heterocycles. The Morgan fingerprint density at radius 1 is 1.42 bits per heavy atom. The Kier molecular flexibility index (Phi) is 4.95. The number of amides is 1. The number of pyridine rings is 1. The standard InChI is InChI=1S/C16H18FN5O2/c17-12-4-13(22(9-12)8-11-5-18-10-19-6-11)7-21-16(24)14-2-1-3-20-15(14)23/h1-3,5-6,10,12-13H,4,7-9H2,(H,20,23)(H,21,24)/t12-,13-/m0/s1. The number of aromatic nitrogens is 3. The Morgan fingerprint density at radius 3 is 2.96 bits per heavy atom. The van der Waals surface area contributed by atoms with Gasteiger partial charge in [-0.2, -0.15) is 0 Å². The molecule has 2 atom stereocenters. The Labute approximate surface area is 137 Å². The molecule has 0 bridgehead atoms. The molecule has 1 fully saturated rings. The van der Waals surface area contributed by atoms with Crippen molar-refractivity contribution in [1.29, 1.82) is 0 Å². The Morgan fingerprint density at radius 2 is 2.21 bits per heavy atom. The molecule has 2 N–H and O–H groups in total. The van der Waals surface area contributed by atoms with Gasteiger partial charge in [0, 0.05) is 49.8 Å². The van der Waals surface area contributed by atoms with Crippen LogP contribution in [0, 0.1) is 0 Å². The van der Waals surface area contributed by atoms with Gasteiger partial charge >= 0.3 is 0 Å². The van der Waals surface area contributed by atoms with Gasteiger partial charge in [-0.3, -0.25) is 14.5 Å². The lowest BCUT2D eigenvalue weighted by Gasteiger charge is -2.24. The van der Waals surface area contributed by atoms with Gasteiger partial charge in [-0.05, 0) is 18.6 Å². The van der Waals surface area contributed by atoms with E-state index in [1.54, 1.807) is 18.5 Å². The average Bonchev–Trinajstić information content (AvgIpc) is 2.93. The van der Waals surface area contributed by atoms with E-state index in [2.05, 4.69) is 20.3 Å². The molecule has 0 aliphatic carbocycles. The third-order valence-corrected chi connectivity index (χ3v) is 4.04. The molecule has 8 heteroatoms. The summed E-state index contributed by atoms with van der Waals surface area (Å²) in [5, 5.41) is 2.72. The zero-order valence-corrected chi connectivity index (χ0v) is 13.0. The second kappa shape index (κ2) is 7.31. The molecule has 1 amide bonds. The van der Waals surface area contributed by atoms with Crippen molar-refractivity contribution in [2.24, 2.45) is 0 Å². The molecule has 3 rings (SSSR count). The maximum Gasteiger partial charge on any atom is 0.260 e. The minimum atomic E-state index is -0.934. The Bertz CT molecular complexity index is 751. The first-order chi connectivity index (χ1) is 11.6. The second-order valence-corrected chi connectivity index (χ2v) is 5.79. The van der Waals surface area contributed by atoms with E-state index >= 15 is 0 Å². The average molecular weight is 331 g/mol. The van der Waals surface area contributed by atoms with E-state index in [1.165, 1.54) is 18.6 Å². The Hall–Kier alpha value is -2.61. The van der Waals surface area contributed by atoms with Crippen molar-refractivity contribution in [2.45, 2.75) is 25.2 Å². The fourth-order valence-corrected chi connectivity index (χ4v) is 2.88. The first kappa shape index (κ1) is 16.3. The predicted molar refractivity (Wildman–Crippen MR) is 85.1 cm³/mol. The number of halogens is 1. The summed E-state index contributed by atoms with van der Waals surface area (Å²) in [5.41, 5.74) is 0.501. The highest BCUT2D eigenvalue weighted by Crippen LogP contribution is 2.22. The molecule has 0 radical (unpaired) electrons. The quantitative estimate of drug-likeness (QED) is 0.833. The third kappa shape index (κ3) is 3.83. The molecule has 2 aromatic rings. The van der Waals surface area contributed by atoms with Crippen molar-refractivity contribution in [3.05, 3.63) is 58.5 Å². The largest absolute Gasteiger partial charge is 0.350 e. The highest BCUT2D eigenvalue weighted by atomic mass is 19.1. The van der Waals surface area contributed by atoms with Crippen LogP contribution in [0.15, 0.2) is 41.8 Å². The number of aromatic amines is 1. The second-order valence-electron chi connectivity index (χ2n) is 5.79. The summed E-state index contributed by atoms with van der Waals surface area (Å²) in [7, 11) is 0. The van der Waals surface area contributed by atoms with Crippen LogP contribution in [-0.2, 0) is 6.54 Å². The van der Waals surface area contributed by atoms with Crippen molar-refractivity contribution in [3.63, 3.8) is 0 Å². The van der Waals surface area contributed by atoms with E-state index in [4.69, 9.17) is 0 Å². The minimum Gasteiger partial charge on any atom is -0.350 e. The molecular weight excluding hydrogens is 313 g/mol. The number of carbonyl (C=O) groups is 1. The number of hydrogen-bond acceptors (Lipinski definition) is 5. The number of alkyl halides is 1. The number of H-pyrrole nitrogens is 1. The topological polar surface area (TPSA) is 91.0 Å². The number of carbonyl (C=O) groups excluding carboxylic acids is 1. The molecule has 7 nitrogen and oxygen atoms in total. The lowest BCUT2D eigenvalue weighted by molar-refractivity contribution is 0.0938. The summed E-state index contributed by atoms with van der Waals surface area (Å²) in [6, 6.07) is 2.91. The van der Waals surface area contributed by atoms with Crippen LogP contribution in [0.4, 0.5) is 4.39 Å². The molecule has 0 unspecified atom stereocenters. The summed E-state index contributed by atoms with van der Waals surface area (Å²) >= 11 is 0. The minimum absolute atomic E-state index is 0.0512. The number of nitrogens with zero attached hydrogens (tertiary/aromatic N) is 3. The zero-order valence-electron chi connectivity index (χ0n) is 13.0. The molecular formula is C16H18FN5O2. The highest BCUT2D eigenvalue weighted by molar-refractivity contribution is 5.93. The van der Waals surface area contributed by atoms with Crippen molar-refractivity contribution in [3.8, 4) is 0 Å². The van der Waals surface area contributed by atoms with Gasteiger partial charge in [-0.1, -0.05) is 0 Å². The Balaban J connectivity index is 1.61. The molecule has 0 spiro atoms. The van der Waals surface area contributed by atoms with E-state index in [9.17, 15) is 14.0 Å². The summed E-state index contributed by atoms with van der Waals surface area (Å²) < 4.78 is 13.8. The maximum absolute atomic E-state index is 13.8. The molecule has 0 aromatic carbocycles. The van der Waals surface area contributed by atoms with Crippen molar-refractivity contribution >= 4 is 5.91 Å². The van der Waals surface area contributed by atoms with Crippen molar-refractivity contribution in [2.75, 3.05) is 13.1 Å². The van der Waals surface area contributed by atoms with Crippen LogP contribution in [0.25, 0.3) is 0 Å². The summed E-state index contributed by atoms with van der Waals surface area (Å²) in [6.07, 6.45) is 5.71. The highest BCUT2D eigenvalue weighted by Gasteiger charge is 2.32. The third-order valence-electron chi connectivity index (χ3n) is 4.04. The molecule has 1 aliphatic rings. The fourth-order valence-electron chi connectivity index (χ4n) is 2.88. The van der Waals surface area contributed by atoms with E-state index in [0.717, 1.165) is 5.56 Å². The van der Waals surface area contributed by atoms with Gasteiger partial charge in [-0.25, -0.2) is 14.4 Å². The monoisotopic (exact) mass is 331 g/mol. The van der Waals surface area contributed by atoms with Gasteiger partial charge < -0.3 is 10.3 Å². The lowest BCUT2D eigenvalue weighted by atomic mass is 10.2. The van der Waals surface area contributed by atoms with Crippen LogP contribution in [0.3, 0.4) is 0 Å². The summed E-state index contributed by atoms with van der Waals surface area (Å²) in [6.45, 7) is 1.11. The molecule has 1 aliphatic heterocycles. The van der Waals surface area contributed by atoms with Gasteiger partial charge in [0.15, 0.2) is 0 Å². The number of nitrogens with one attached hydrogen (secondary N) is 2. The summed E-state index contributed by atoms with van der Waals surface area (Å²) in [5.74, 6) is -0.456. The predicted octanol–water partition coefficient (Wildman–Crippen LogP) is 0.507. The van der Waals surface area contributed by atoms with E-state index in [-0.39, 0.29) is 18.2 Å². The molecule has 0 saturated carbocycles. The molecule has 24 heavy (non-hydrogen) atoms. The van der Waals surface area contributed by atoms with Crippen LogP contribution >= 0.6 is 0 Å². The fraction of sp³-hybridized carbons (Fsp3) is 0.375. The van der Waals surface area contributed by atoms with E-state index in [0.29, 0.717) is 19.5 Å². The first-order valence-corrected chi connectivity index (χ1v) is 7.71. The van der Waals surface area contributed by atoms with Gasteiger partial charge in [0.2, 0.25) is 0 Å².